The van der Waals surface area contributed by atoms with Crippen LogP contribution in [0, 0.1) is 11.3 Å². The van der Waals surface area contributed by atoms with Gasteiger partial charge in [0.15, 0.2) is 5.96 Å². The number of benzene rings is 2. The molecule has 5 N–H and O–H groups in total. The van der Waals surface area contributed by atoms with E-state index in [2.05, 4.69) is 16.3 Å². The third kappa shape index (κ3) is 6.00. The molecule has 0 saturated carbocycles. The van der Waals surface area contributed by atoms with Crippen molar-refractivity contribution in [3.05, 3.63) is 59.2 Å². The van der Waals surface area contributed by atoms with Gasteiger partial charge in [-0.15, -0.1) is 0 Å². The Morgan fingerprint density at radius 2 is 1.76 bits per heavy atom. The first-order valence-electron chi connectivity index (χ1n) is 14.2. The summed E-state index contributed by atoms with van der Waals surface area (Å²) in [7, 11) is 1.75. The zero-order valence-corrected chi connectivity index (χ0v) is 23.3. The van der Waals surface area contributed by atoms with E-state index in [-0.39, 0.29) is 35.4 Å². The fourth-order valence-electron chi connectivity index (χ4n) is 6.34. The molecular formula is C30H38N6O5. The number of guanidine groups is 1. The van der Waals surface area contributed by atoms with E-state index in [1.54, 1.807) is 29.0 Å². The number of ether oxygens (including phenoxy) is 1. The number of nitrogens with zero attached hydrogens (tertiary/aromatic N) is 3. The summed E-state index contributed by atoms with van der Waals surface area (Å²) in [6.07, 6.45) is 4.14. The zero-order chi connectivity index (χ0) is 29.1. The number of fused-ring (bicyclic) bond motifs is 1. The van der Waals surface area contributed by atoms with Crippen molar-refractivity contribution in [3.8, 4) is 0 Å². The van der Waals surface area contributed by atoms with Crippen LogP contribution in [0.4, 0.5) is 11.4 Å². The number of piperidine rings is 2. The average Bonchev–Trinajstić information content (AvgIpc) is 3.00. The van der Waals surface area contributed by atoms with Crippen LogP contribution in [0.15, 0.2) is 42.5 Å². The van der Waals surface area contributed by atoms with Crippen LogP contribution in [-0.2, 0) is 20.7 Å². The average molecular weight is 563 g/mol. The Kier molecular flexibility index (Phi) is 8.44. The first kappa shape index (κ1) is 28.4. The lowest BCUT2D eigenvalue weighted by atomic mass is 9.87. The number of methoxy groups -OCH3 is 1. The lowest BCUT2D eigenvalue weighted by molar-refractivity contribution is -0.144. The third-order valence-corrected chi connectivity index (χ3v) is 8.55. The standard InChI is InChI=1S/C30H38N6O5/c1-41-22-11-15-34(16-12-22)25-6-2-5-24-23(25)13-17-36(28(38)20-4-3-14-35(18-20)30(31)32)26(24)27(37)33-21-9-7-19(8-10-21)29(39)40/h2,5-10,20,22,26H,3-4,11-18H2,1H3,(H3,31,32)(H,33,37)(H,39,40). The Bertz CT molecular complexity index is 1310. The molecule has 11 nitrogen and oxygen atoms in total. The van der Waals surface area contributed by atoms with E-state index in [1.807, 2.05) is 12.1 Å². The third-order valence-electron chi connectivity index (χ3n) is 8.55. The Morgan fingerprint density at radius 1 is 1.02 bits per heavy atom. The summed E-state index contributed by atoms with van der Waals surface area (Å²) in [6, 6.07) is 11.1. The second-order valence-corrected chi connectivity index (χ2v) is 11.0. The van der Waals surface area contributed by atoms with Gasteiger partial charge in [0.1, 0.15) is 6.04 Å². The summed E-state index contributed by atoms with van der Waals surface area (Å²) < 4.78 is 5.55. The highest BCUT2D eigenvalue weighted by molar-refractivity contribution is 5.99. The van der Waals surface area contributed by atoms with Crippen LogP contribution < -0.4 is 16.0 Å². The molecule has 218 valence electrons. The van der Waals surface area contributed by atoms with E-state index in [1.165, 1.54) is 12.1 Å². The molecule has 0 aliphatic carbocycles. The number of rotatable bonds is 6. The van der Waals surface area contributed by atoms with Crippen LogP contribution >= 0.6 is 0 Å². The number of nitrogens with two attached hydrogens (primary N) is 1. The zero-order valence-electron chi connectivity index (χ0n) is 23.3. The van der Waals surface area contributed by atoms with Crippen LogP contribution in [0.25, 0.3) is 0 Å². The molecule has 3 heterocycles. The lowest BCUT2D eigenvalue weighted by Gasteiger charge is -2.42. The van der Waals surface area contributed by atoms with Crippen molar-refractivity contribution in [3.63, 3.8) is 0 Å². The van der Waals surface area contributed by atoms with Gasteiger partial charge in [-0.3, -0.25) is 15.0 Å². The SMILES string of the molecule is COC1CCN(c2cccc3c2CCN(C(=O)C2CCCN(C(=N)N)C2)C3C(=O)Nc2ccc(C(=O)O)cc2)CC1. The van der Waals surface area contributed by atoms with Crippen molar-refractivity contribution < 1.29 is 24.2 Å². The molecule has 2 amide bonds. The smallest absolute Gasteiger partial charge is 0.335 e. The maximum Gasteiger partial charge on any atom is 0.335 e. The molecule has 2 saturated heterocycles. The molecule has 0 bridgehead atoms. The van der Waals surface area contributed by atoms with Crippen molar-refractivity contribution >= 4 is 35.1 Å². The Labute approximate surface area is 239 Å². The number of anilines is 2. The summed E-state index contributed by atoms with van der Waals surface area (Å²) in [5.74, 6) is -1.93. The van der Waals surface area contributed by atoms with E-state index >= 15 is 0 Å². The molecular weight excluding hydrogens is 524 g/mol. The number of nitrogens with one attached hydrogen (secondary N) is 2. The Balaban J connectivity index is 1.46. The highest BCUT2D eigenvalue weighted by atomic mass is 16.5. The number of hydrogen-bond donors (Lipinski definition) is 4. The van der Waals surface area contributed by atoms with Crippen LogP contribution in [-0.4, -0.2) is 84.6 Å². The van der Waals surface area contributed by atoms with E-state index < -0.39 is 12.0 Å². The van der Waals surface area contributed by atoms with Gasteiger partial charge in [0, 0.05) is 51.2 Å². The van der Waals surface area contributed by atoms with Crippen molar-refractivity contribution in [1.29, 1.82) is 5.41 Å². The molecule has 3 aliphatic rings. The topological polar surface area (TPSA) is 152 Å². The number of carbonyl (C=O) groups is 3. The molecule has 0 radical (unpaired) electrons. The Hall–Kier alpha value is -4.12. The highest BCUT2D eigenvalue weighted by Gasteiger charge is 2.41. The van der Waals surface area contributed by atoms with E-state index in [9.17, 15) is 19.5 Å². The quantitative estimate of drug-likeness (QED) is 0.310. The minimum Gasteiger partial charge on any atom is -0.478 e. The number of aromatic carboxylic acids is 1. The predicted octanol–water partition coefficient (Wildman–Crippen LogP) is 2.67. The molecule has 5 rings (SSSR count). The van der Waals surface area contributed by atoms with Gasteiger partial charge in [-0.2, -0.15) is 0 Å². The number of amides is 2. The van der Waals surface area contributed by atoms with Gasteiger partial charge < -0.3 is 35.6 Å². The fraction of sp³-hybridized carbons (Fsp3) is 0.467. The van der Waals surface area contributed by atoms with E-state index in [0.29, 0.717) is 38.2 Å². The molecule has 2 atom stereocenters. The maximum absolute atomic E-state index is 14.0. The lowest BCUT2D eigenvalue weighted by Crippen LogP contribution is -2.52. The van der Waals surface area contributed by atoms with Gasteiger partial charge in [0.2, 0.25) is 5.91 Å². The van der Waals surface area contributed by atoms with Gasteiger partial charge in [-0.1, -0.05) is 12.1 Å². The number of carbonyl (C=O) groups excluding carboxylic acids is 2. The van der Waals surface area contributed by atoms with Crippen molar-refractivity contribution in [2.45, 2.75) is 44.2 Å². The van der Waals surface area contributed by atoms with Gasteiger partial charge in [-0.25, -0.2) is 4.79 Å². The monoisotopic (exact) mass is 562 g/mol. The number of hydrogen-bond acceptors (Lipinski definition) is 6. The predicted molar refractivity (Wildman–Crippen MR) is 155 cm³/mol. The molecule has 3 aliphatic heterocycles. The van der Waals surface area contributed by atoms with Gasteiger partial charge in [-0.05, 0) is 73.6 Å². The van der Waals surface area contributed by atoms with E-state index in [4.69, 9.17) is 15.9 Å². The molecule has 11 heteroatoms. The molecule has 0 aromatic heterocycles. The number of carboxylic acids is 1. The van der Waals surface area contributed by atoms with Gasteiger partial charge in [0.25, 0.3) is 5.91 Å². The van der Waals surface area contributed by atoms with Crippen molar-refractivity contribution in [2.24, 2.45) is 11.7 Å². The first-order valence-corrected chi connectivity index (χ1v) is 14.2. The number of carboxylic acid groups (broad SMARTS) is 1. The highest BCUT2D eigenvalue weighted by Crippen LogP contribution is 2.38. The summed E-state index contributed by atoms with van der Waals surface area (Å²) in [6.45, 7) is 3.10. The van der Waals surface area contributed by atoms with Crippen LogP contribution in [0.2, 0.25) is 0 Å². The molecule has 2 aromatic carbocycles. The summed E-state index contributed by atoms with van der Waals surface area (Å²) >= 11 is 0. The van der Waals surface area contributed by atoms with E-state index in [0.717, 1.165) is 49.2 Å². The normalized spacial score (nSPS) is 21.2. The first-order chi connectivity index (χ1) is 19.8. The van der Waals surface area contributed by atoms with Gasteiger partial charge in [0.05, 0.1) is 17.6 Å². The molecule has 2 fully saturated rings. The van der Waals surface area contributed by atoms with Crippen LogP contribution in [0.3, 0.4) is 0 Å². The molecule has 2 aromatic rings. The van der Waals surface area contributed by atoms with Crippen molar-refractivity contribution in [2.75, 3.05) is 50.1 Å². The fourth-order valence-corrected chi connectivity index (χ4v) is 6.34. The second-order valence-electron chi connectivity index (χ2n) is 11.0. The minimum absolute atomic E-state index is 0.0486. The van der Waals surface area contributed by atoms with Crippen LogP contribution in [0.5, 0.6) is 0 Å². The summed E-state index contributed by atoms with van der Waals surface area (Å²) in [4.78, 5) is 45.0. The van der Waals surface area contributed by atoms with Crippen molar-refractivity contribution in [1.82, 2.24) is 9.80 Å². The second kappa shape index (κ2) is 12.2. The van der Waals surface area contributed by atoms with Crippen LogP contribution in [0.1, 0.15) is 53.2 Å². The number of likely N-dealkylation sites (tertiary alicyclic amines) is 1. The molecule has 2 unspecified atom stereocenters. The summed E-state index contributed by atoms with van der Waals surface area (Å²) in [5, 5.41) is 20.0. The summed E-state index contributed by atoms with van der Waals surface area (Å²) in [5.41, 5.74) is 9.28. The van der Waals surface area contributed by atoms with Gasteiger partial charge >= 0.3 is 5.97 Å². The maximum atomic E-state index is 14.0. The largest absolute Gasteiger partial charge is 0.478 e. The Morgan fingerprint density at radius 3 is 2.41 bits per heavy atom. The molecule has 41 heavy (non-hydrogen) atoms. The molecule has 0 spiro atoms. The minimum atomic E-state index is -1.05.